The summed E-state index contributed by atoms with van der Waals surface area (Å²) in [6.45, 7) is 2.33. The zero-order chi connectivity index (χ0) is 16.2. The van der Waals surface area contributed by atoms with Crippen LogP contribution in [-0.2, 0) is 6.54 Å². The van der Waals surface area contributed by atoms with Crippen molar-refractivity contribution in [2.24, 2.45) is 0 Å². The van der Waals surface area contributed by atoms with Crippen LogP contribution in [0.2, 0.25) is 0 Å². The first-order chi connectivity index (χ1) is 11.1. The van der Waals surface area contributed by atoms with Crippen molar-refractivity contribution in [2.75, 3.05) is 5.73 Å². The fourth-order valence-electron chi connectivity index (χ4n) is 2.20. The molecular weight excluding hydrogens is 292 g/mol. The molecule has 0 aliphatic rings. The van der Waals surface area contributed by atoms with E-state index in [-0.39, 0.29) is 11.7 Å². The minimum absolute atomic E-state index is 0.158. The molecule has 1 amide bonds. The Hall–Kier alpha value is -3.15. The topological polar surface area (TPSA) is 94.0 Å². The summed E-state index contributed by atoms with van der Waals surface area (Å²) in [5.74, 6) is -0.167. The summed E-state index contributed by atoms with van der Waals surface area (Å²) in [5, 5.41) is 6.73. The zero-order valence-electron chi connectivity index (χ0n) is 12.6. The summed E-state index contributed by atoms with van der Waals surface area (Å²) in [6, 6.07) is 10.8. The van der Waals surface area contributed by atoms with Crippen LogP contribution in [0.15, 0.2) is 53.3 Å². The molecule has 23 heavy (non-hydrogen) atoms. The average Bonchev–Trinajstić information content (AvgIpc) is 3.06. The summed E-state index contributed by atoms with van der Waals surface area (Å²) in [5.41, 5.74) is 9.79. The highest BCUT2D eigenvalue weighted by Gasteiger charge is 2.15. The second kappa shape index (κ2) is 6.31. The Morgan fingerprint density at radius 1 is 1.30 bits per heavy atom. The fourth-order valence-corrected chi connectivity index (χ4v) is 2.20. The molecule has 2 heterocycles. The first-order valence-electron chi connectivity index (χ1n) is 7.14. The molecule has 0 bridgehead atoms. The fraction of sp³-hybridized carbons (Fsp3) is 0.118. The maximum absolute atomic E-state index is 12.1. The van der Waals surface area contributed by atoms with Gasteiger partial charge in [0.1, 0.15) is 5.69 Å². The standard InChI is InChI=1S/C17H16N4O2/c1-11-4-5-13(18)7-14(11)15-8-16(23-21-15)17(22)20-10-12-3-2-6-19-9-12/h2-9H,10,18H2,1H3,(H,20,22). The number of amides is 1. The third-order valence-corrected chi connectivity index (χ3v) is 3.45. The zero-order valence-corrected chi connectivity index (χ0v) is 12.6. The lowest BCUT2D eigenvalue weighted by molar-refractivity contribution is 0.0914. The predicted octanol–water partition coefficient (Wildman–Crippen LogP) is 2.56. The van der Waals surface area contributed by atoms with Gasteiger partial charge in [-0.15, -0.1) is 0 Å². The van der Waals surface area contributed by atoms with Crippen molar-refractivity contribution in [2.45, 2.75) is 13.5 Å². The summed E-state index contributed by atoms with van der Waals surface area (Å²) in [7, 11) is 0. The molecule has 0 saturated carbocycles. The molecule has 116 valence electrons. The number of anilines is 1. The van der Waals surface area contributed by atoms with E-state index >= 15 is 0 Å². The molecule has 0 fully saturated rings. The van der Waals surface area contributed by atoms with E-state index < -0.39 is 0 Å². The third kappa shape index (κ3) is 3.37. The van der Waals surface area contributed by atoms with E-state index in [0.29, 0.717) is 17.9 Å². The highest BCUT2D eigenvalue weighted by atomic mass is 16.5. The molecule has 0 spiro atoms. The lowest BCUT2D eigenvalue weighted by Gasteiger charge is -2.02. The number of hydrogen-bond donors (Lipinski definition) is 2. The monoisotopic (exact) mass is 308 g/mol. The van der Waals surface area contributed by atoms with Crippen molar-refractivity contribution >= 4 is 11.6 Å². The smallest absolute Gasteiger partial charge is 0.290 e. The van der Waals surface area contributed by atoms with Gasteiger partial charge >= 0.3 is 0 Å². The Morgan fingerprint density at radius 2 is 2.17 bits per heavy atom. The predicted molar refractivity (Wildman–Crippen MR) is 86.5 cm³/mol. The van der Waals surface area contributed by atoms with Gasteiger partial charge < -0.3 is 15.6 Å². The van der Waals surface area contributed by atoms with Crippen molar-refractivity contribution in [3.05, 3.63) is 65.7 Å². The molecule has 0 saturated heterocycles. The second-order valence-corrected chi connectivity index (χ2v) is 5.19. The number of nitrogens with two attached hydrogens (primary N) is 1. The largest absolute Gasteiger partial charge is 0.399 e. The van der Waals surface area contributed by atoms with E-state index in [1.165, 1.54) is 0 Å². The number of rotatable bonds is 4. The molecule has 6 heteroatoms. The van der Waals surface area contributed by atoms with Crippen LogP contribution in [-0.4, -0.2) is 16.0 Å². The van der Waals surface area contributed by atoms with Gasteiger partial charge in [-0.3, -0.25) is 9.78 Å². The van der Waals surface area contributed by atoms with Crippen molar-refractivity contribution in [3.8, 4) is 11.3 Å². The molecule has 0 aliphatic heterocycles. The maximum atomic E-state index is 12.1. The number of aromatic nitrogens is 2. The maximum Gasteiger partial charge on any atom is 0.290 e. The van der Waals surface area contributed by atoms with Crippen LogP contribution in [0.3, 0.4) is 0 Å². The van der Waals surface area contributed by atoms with Crippen LogP contribution in [0.1, 0.15) is 21.7 Å². The number of aryl methyl sites for hydroxylation is 1. The van der Waals surface area contributed by atoms with Crippen molar-refractivity contribution in [1.82, 2.24) is 15.5 Å². The van der Waals surface area contributed by atoms with Gasteiger partial charge in [-0.25, -0.2) is 0 Å². The SMILES string of the molecule is Cc1ccc(N)cc1-c1cc(C(=O)NCc2cccnc2)on1. The summed E-state index contributed by atoms with van der Waals surface area (Å²) >= 11 is 0. The quantitative estimate of drug-likeness (QED) is 0.722. The molecule has 0 atom stereocenters. The molecule has 0 aliphatic carbocycles. The van der Waals surface area contributed by atoms with E-state index in [9.17, 15) is 4.79 Å². The molecule has 0 radical (unpaired) electrons. The molecule has 3 aromatic rings. The van der Waals surface area contributed by atoms with Crippen LogP contribution in [0.4, 0.5) is 5.69 Å². The third-order valence-electron chi connectivity index (χ3n) is 3.45. The summed E-state index contributed by atoms with van der Waals surface area (Å²) < 4.78 is 5.15. The number of pyridine rings is 1. The number of nitrogens with zero attached hydrogens (tertiary/aromatic N) is 2. The van der Waals surface area contributed by atoms with Crippen LogP contribution in [0, 0.1) is 6.92 Å². The number of carbonyl (C=O) groups excluding carboxylic acids is 1. The minimum atomic E-state index is -0.325. The second-order valence-electron chi connectivity index (χ2n) is 5.19. The van der Waals surface area contributed by atoms with Crippen LogP contribution >= 0.6 is 0 Å². The Morgan fingerprint density at radius 3 is 2.96 bits per heavy atom. The highest BCUT2D eigenvalue weighted by molar-refractivity contribution is 5.92. The molecule has 3 N–H and O–H groups in total. The van der Waals surface area contributed by atoms with E-state index in [1.54, 1.807) is 18.5 Å². The van der Waals surface area contributed by atoms with Gasteiger partial charge in [0.15, 0.2) is 0 Å². The van der Waals surface area contributed by atoms with E-state index in [1.807, 2.05) is 37.3 Å². The van der Waals surface area contributed by atoms with Gasteiger partial charge in [0.05, 0.1) is 0 Å². The minimum Gasteiger partial charge on any atom is -0.399 e. The number of nitrogen functional groups attached to an aromatic ring is 1. The van der Waals surface area contributed by atoms with Gasteiger partial charge in [0.2, 0.25) is 5.76 Å². The number of benzene rings is 1. The van der Waals surface area contributed by atoms with E-state index in [0.717, 1.165) is 16.7 Å². The van der Waals surface area contributed by atoms with Crippen molar-refractivity contribution in [1.29, 1.82) is 0 Å². The van der Waals surface area contributed by atoms with Gasteiger partial charge in [-0.2, -0.15) is 0 Å². The number of nitrogens with one attached hydrogen (secondary N) is 1. The normalized spacial score (nSPS) is 10.5. The van der Waals surface area contributed by atoms with Crippen LogP contribution < -0.4 is 11.1 Å². The number of carbonyl (C=O) groups is 1. The molecule has 1 aromatic carbocycles. The Labute approximate surface area is 133 Å². The molecule has 0 unspecified atom stereocenters. The molecule has 2 aromatic heterocycles. The van der Waals surface area contributed by atoms with Crippen LogP contribution in [0.5, 0.6) is 0 Å². The van der Waals surface area contributed by atoms with Gasteiger partial charge in [0.25, 0.3) is 5.91 Å². The Balaban J connectivity index is 1.74. The summed E-state index contributed by atoms with van der Waals surface area (Å²) in [4.78, 5) is 16.1. The van der Waals surface area contributed by atoms with Gasteiger partial charge in [-0.1, -0.05) is 17.3 Å². The van der Waals surface area contributed by atoms with Crippen LogP contribution in [0.25, 0.3) is 11.3 Å². The molecule has 3 rings (SSSR count). The van der Waals surface area contributed by atoms with Crippen molar-refractivity contribution < 1.29 is 9.32 Å². The van der Waals surface area contributed by atoms with Gasteiger partial charge in [0, 0.05) is 36.3 Å². The van der Waals surface area contributed by atoms with Gasteiger partial charge in [-0.05, 0) is 36.2 Å². The first kappa shape index (κ1) is 14.8. The molecule has 6 nitrogen and oxygen atoms in total. The first-order valence-corrected chi connectivity index (χ1v) is 7.14. The summed E-state index contributed by atoms with van der Waals surface area (Å²) in [6.07, 6.45) is 3.38. The van der Waals surface area contributed by atoms with E-state index in [4.69, 9.17) is 10.3 Å². The highest BCUT2D eigenvalue weighted by Crippen LogP contribution is 2.25. The van der Waals surface area contributed by atoms with Crippen molar-refractivity contribution in [3.63, 3.8) is 0 Å². The average molecular weight is 308 g/mol. The Kier molecular flexibility index (Phi) is 4.05. The Bertz CT molecular complexity index is 828. The lowest BCUT2D eigenvalue weighted by atomic mass is 10.0. The number of hydrogen-bond acceptors (Lipinski definition) is 5. The molecular formula is C17H16N4O2. The van der Waals surface area contributed by atoms with E-state index in [2.05, 4.69) is 15.5 Å². The lowest BCUT2D eigenvalue weighted by Crippen LogP contribution is -2.22.